The van der Waals surface area contributed by atoms with Crippen molar-refractivity contribution in [1.82, 2.24) is 9.80 Å². The Bertz CT molecular complexity index is 877. The SMILES string of the molecule is CN(C)CCCN1C(=O)C(O)=C(C(=O)c2cccs2)[C@@H]1c1cccc(Br)c1. The third-order valence-corrected chi connectivity index (χ3v) is 5.82. The van der Waals surface area contributed by atoms with Crippen molar-refractivity contribution >= 4 is 39.0 Å². The molecule has 1 atom stereocenters. The molecular weight excluding hydrogens is 428 g/mol. The Balaban J connectivity index is 2.00. The van der Waals surface area contributed by atoms with Crippen LogP contribution in [0, 0.1) is 0 Å². The van der Waals surface area contributed by atoms with Crippen LogP contribution in [-0.2, 0) is 4.79 Å². The van der Waals surface area contributed by atoms with Crippen molar-refractivity contribution in [1.29, 1.82) is 0 Å². The molecule has 0 saturated heterocycles. The van der Waals surface area contributed by atoms with Gasteiger partial charge in [0, 0.05) is 11.0 Å². The molecule has 7 heteroatoms. The summed E-state index contributed by atoms with van der Waals surface area (Å²) in [7, 11) is 3.94. The lowest BCUT2D eigenvalue weighted by Gasteiger charge is -2.27. The third kappa shape index (κ3) is 4.15. The van der Waals surface area contributed by atoms with Crippen molar-refractivity contribution in [3.8, 4) is 0 Å². The number of nitrogens with zero attached hydrogens (tertiary/aromatic N) is 2. The van der Waals surface area contributed by atoms with E-state index in [9.17, 15) is 14.7 Å². The van der Waals surface area contributed by atoms with Crippen molar-refractivity contribution < 1.29 is 14.7 Å². The van der Waals surface area contributed by atoms with Gasteiger partial charge in [0.05, 0.1) is 16.5 Å². The second-order valence-corrected chi connectivity index (χ2v) is 8.54. The van der Waals surface area contributed by atoms with Gasteiger partial charge in [-0.05, 0) is 56.2 Å². The van der Waals surface area contributed by atoms with Crippen LogP contribution >= 0.6 is 27.3 Å². The van der Waals surface area contributed by atoms with Crippen LogP contribution in [0.5, 0.6) is 0 Å². The molecule has 27 heavy (non-hydrogen) atoms. The molecule has 3 rings (SSSR count). The van der Waals surface area contributed by atoms with Gasteiger partial charge in [-0.1, -0.05) is 34.1 Å². The van der Waals surface area contributed by atoms with E-state index in [0.717, 1.165) is 23.0 Å². The van der Waals surface area contributed by atoms with E-state index < -0.39 is 17.7 Å². The average molecular weight is 449 g/mol. The molecule has 2 aromatic rings. The Morgan fingerprint density at radius 1 is 1.30 bits per heavy atom. The van der Waals surface area contributed by atoms with E-state index in [1.54, 1.807) is 17.0 Å². The Labute approximate surface area is 171 Å². The number of Topliss-reactive ketones (excluding diaryl/α,β-unsaturated/α-hetero) is 1. The first-order valence-electron chi connectivity index (χ1n) is 8.62. The third-order valence-electron chi connectivity index (χ3n) is 4.46. The van der Waals surface area contributed by atoms with E-state index in [4.69, 9.17) is 0 Å². The van der Waals surface area contributed by atoms with Crippen LogP contribution in [0.3, 0.4) is 0 Å². The van der Waals surface area contributed by atoms with E-state index >= 15 is 0 Å². The molecule has 1 aliphatic heterocycles. The van der Waals surface area contributed by atoms with E-state index in [1.165, 1.54) is 11.3 Å². The number of hydrogen-bond acceptors (Lipinski definition) is 5. The minimum Gasteiger partial charge on any atom is -0.503 e. The van der Waals surface area contributed by atoms with E-state index in [1.807, 2.05) is 48.6 Å². The lowest BCUT2D eigenvalue weighted by atomic mass is 9.95. The molecule has 1 N–H and O–H groups in total. The molecule has 0 saturated carbocycles. The summed E-state index contributed by atoms with van der Waals surface area (Å²) in [5, 5.41) is 12.4. The molecule has 0 spiro atoms. The minimum absolute atomic E-state index is 0.158. The maximum atomic E-state index is 13.1. The molecular formula is C20H21BrN2O3S. The highest BCUT2D eigenvalue weighted by molar-refractivity contribution is 9.10. The molecule has 0 unspecified atom stereocenters. The summed E-state index contributed by atoms with van der Waals surface area (Å²) in [4.78, 5) is 30.0. The normalized spacial score (nSPS) is 17.3. The van der Waals surface area contributed by atoms with Gasteiger partial charge in [0.25, 0.3) is 5.91 Å². The summed E-state index contributed by atoms with van der Waals surface area (Å²) in [6, 6.07) is 10.4. The fraction of sp³-hybridized carbons (Fsp3) is 0.300. The van der Waals surface area contributed by atoms with Crippen molar-refractivity contribution in [2.45, 2.75) is 12.5 Å². The van der Waals surface area contributed by atoms with Gasteiger partial charge in [-0.15, -0.1) is 11.3 Å². The predicted molar refractivity (Wildman–Crippen MR) is 110 cm³/mol. The van der Waals surface area contributed by atoms with E-state index in [0.29, 0.717) is 11.4 Å². The topological polar surface area (TPSA) is 60.9 Å². The Morgan fingerprint density at radius 3 is 2.70 bits per heavy atom. The number of rotatable bonds is 7. The minimum atomic E-state index is -0.591. The monoisotopic (exact) mass is 448 g/mol. The van der Waals surface area contributed by atoms with Crippen molar-refractivity contribution in [3.63, 3.8) is 0 Å². The van der Waals surface area contributed by atoms with E-state index in [-0.39, 0.29) is 11.4 Å². The lowest BCUT2D eigenvalue weighted by Crippen LogP contribution is -2.33. The number of aliphatic hydroxyl groups excluding tert-OH is 1. The van der Waals surface area contributed by atoms with Crippen LogP contribution in [0.4, 0.5) is 0 Å². The first-order valence-corrected chi connectivity index (χ1v) is 10.3. The van der Waals surface area contributed by atoms with Crippen LogP contribution in [0.25, 0.3) is 0 Å². The van der Waals surface area contributed by atoms with Gasteiger partial charge in [-0.25, -0.2) is 0 Å². The molecule has 0 aliphatic carbocycles. The zero-order valence-corrected chi connectivity index (χ0v) is 17.6. The quantitative estimate of drug-likeness (QED) is 0.649. The van der Waals surface area contributed by atoms with Gasteiger partial charge in [0.15, 0.2) is 5.76 Å². The summed E-state index contributed by atoms with van der Waals surface area (Å²) >= 11 is 4.76. The number of amides is 1. The van der Waals surface area contributed by atoms with Gasteiger partial charge in [-0.2, -0.15) is 0 Å². The largest absolute Gasteiger partial charge is 0.503 e. The second kappa shape index (κ2) is 8.37. The number of ketones is 1. The molecule has 142 valence electrons. The highest BCUT2D eigenvalue weighted by atomic mass is 79.9. The highest BCUT2D eigenvalue weighted by Gasteiger charge is 2.43. The van der Waals surface area contributed by atoms with Crippen LogP contribution in [0.1, 0.15) is 27.7 Å². The van der Waals surface area contributed by atoms with Crippen molar-refractivity contribution in [2.75, 3.05) is 27.2 Å². The second-order valence-electron chi connectivity index (χ2n) is 6.68. The van der Waals surface area contributed by atoms with Gasteiger partial charge in [0.2, 0.25) is 5.78 Å². The maximum absolute atomic E-state index is 13.1. The summed E-state index contributed by atoms with van der Waals surface area (Å²) in [6.07, 6.45) is 0.747. The molecule has 1 aromatic carbocycles. The van der Waals surface area contributed by atoms with Gasteiger partial charge >= 0.3 is 0 Å². The molecule has 0 fully saturated rings. The Morgan fingerprint density at radius 2 is 2.07 bits per heavy atom. The van der Waals surface area contributed by atoms with Crippen LogP contribution < -0.4 is 0 Å². The van der Waals surface area contributed by atoms with E-state index in [2.05, 4.69) is 15.9 Å². The summed E-state index contributed by atoms with van der Waals surface area (Å²) in [6.45, 7) is 1.27. The molecule has 2 heterocycles. The fourth-order valence-electron chi connectivity index (χ4n) is 3.24. The summed E-state index contributed by atoms with van der Waals surface area (Å²) < 4.78 is 0.856. The Hall–Kier alpha value is -1.96. The molecule has 1 aromatic heterocycles. The Kier molecular flexibility index (Phi) is 6.14. The number of aliphatic hydroxyl groups is 1. The van der Waals surface area contributed by atoms with Crippen LogP contribution in [-0.4, -0.2) is 53.8 Å². The number of carbonyl (C=O) groups excluding carboxylic acids is 2. The van der Waals surface area contributed by atoms with Crippen LogP contribution in [0.2, 0.25) is 0 Å². The molecule has 5 nitrogen and oxygen atoms in total. The lowest BCUT2D eigenvalue weighted by molar-refractivity contribution is -0.129. The number of halogens is 1. The fourth-order valence-corrected chi connectivity index (χ4v) is 4.33. The van der Waals surface area contributed by atoms with Crippen molar-refractivity contribution in [2.24, 2.45) is 0 Å². The smallest absolute Gasteiger partial charge is 0.290 e. The first-order chi connectivity index (χ1) is 12.9. The zero-order chi connectivity index (χ0) is 19.6. The standard InChI is InChI=1S/C20H21BrN2O3S/c1-22(2)9-5-10-23-17(13-6-3-7-14(21)12-13)16(19(25)20(23)26)18(24)15-8-4-11-27-15/h3-4,6-8,11-12,17,25H,5,9-10H2,1-2H3/t17-/m0/s1. The summed E-state index contributed by atoms with van der Waals surface area (Å²) in [5.74, 6) is -1.22. The molecule has 0 bridgehead atoms. The predicted octanol–water partition coefficient (Wildman–Crippen LogP) is 4.04. The number of carbonyl (C=O) groups is 2. The summed E-state index contributed by atoms with van der Waals surface area (Å²) in [5.41, 5.74) is 0.955. The maximum Gasteiger partial charge on any atom is 0.290 e. The van der Waals surface area contributed by atoms with Gasteiger partial charge < -0.3 is 14.9 Å². The first kappa shape index (κ1) is 19.8. The number of thiophene rings is 1. The van der Waals surface area contributed by atoms with Gasteiger partial charge in [0.1, 0.15) is 0 Å². The molecule has 1 amide bonds. The van der Waals surface area contributed by atoms with Crippen molar-refractivity contribution in [3.05, 3.63) is 68.0 Å². The highest BCUT2D eigenvalue weighted by Crippen LogP contribution is 2.40. The molecule has 1 aliphatic rings. The number of benzene rings is 1. The zero-order valence-electron chi connectivity index (χ0n) is 15.2. The number of hydrogen-bond donors (Lipinski definition) is 1. The molecule has 0 radical (unpaired) electrons. The van der Waals surface area contributed by atoms with Gasteiger partial charge in [-0.3, -0.25) is 9.59 Å². The average Bonchev–Trinajstić information content (AvgIpc) is 3.24. The van der Waals surface area contributed by atoms with Crippen LogP contribution in [0.15, 0.2) is 57.6 Å².